The number of benzene rings is 1. The maximum absolute atomic E-state index is 12.5. The van der Waals surface area contributed by atoms with E-state index in [9.17, 15) is 13.2 Å². The van der Waals surface area contributed by atoms with E-state index in [1.807, 2.05) is 0 Å². The fourth-order valence-electron chi connectivity index (χ4n) is 4.18. The Kier molecular flexibility index (Phi) is 7.49. The molecule has 0 spiro atoms. The highest BCUT2D eigenvalue weighted by Crippen LogP contribution is 2.21. The number of nitrogens with zero attached hydrogens (tertiary/aromatic N) is 3. The molecule has 2 aromatic rings. The zero-order valence-electron chi connectivity index (χ0n) is 17.9. The summed E-state index contributed by atoms with van der Waals surface area (Å²) in [6, 6.07) is 5.15. The molecule has 30 heavy (non-hydrogen) atoms. The number of aryl methyl sites for hydroxylation is 2. The van der Waals surface area contributed by atoms with Gasteiger partial charge in [-0.1, -0.05) is 13.8 Å². The van der Waals surface area contributed by atoms with Crippen LogP contribution in [0.25, 0.3) is 11.0 Å². The summed E-state index contributed by atoms with van der Waals surface area (Å²) in [5.41, 5.74) is 1.45. The van der Waals surface area contributed by atoms with Crippen LogP contribution in [-0.2, 0) is 27.8 Å². The van der Waals surface area contributed by atoms with Gasteiger partial charge in [0.25, 0.3) is 0 Å². The van der Waals surface area contributed by atoms with E-state index in [0.717, 1.165) is 43.8 Å². The summed E-state index contributed by atoms with van der Waals surface area (Å²) in [5.74, 6) is 0.813. The zero-order chi connectivity index (χ0) is 21.7. The van der Waals surface area contributed by atoms with Crippen LogP contribution in [-0.4, -0.2) is 54.5 Å². The molecule has 0 aliphatic carbocycles. The second-order valence-electron chi connectivity index (χ2n) is 7.98. The lowest BCUT2D eigenvalue weighted by atomic mass is 10.2. The molecule has 1 saturated heterocycles. The SMILES string of the molecule is CCCn1c(CCC(=O)NCC(CC)N2CCCC2)nc2cc(S(N)(=O)=O)ccc21. The van der Waals surface area contributed by atoms with Crippen LogP contribution in [0.3, 0.4) is 0 Å². The number of carbonyl (C=O) groups excluding carboxylic acids is 1. The lowest BCUT2D eigenvalue weighted by molar-refractivity contribution is -0.121. The van der Waals surface area contributed by atoms with Gasteiger partial charge in [0.05, 0.1) is 15.9 Å². The van der Waals surface area contributed by atoms with Crippen molar-refractivity contribution in [1.82, 2.24) is 19.8 Å². The first-order chi connectivity index (χ1) is 14.3. The van der Waals surface area contributed by atoms with E-state index in [4.69, 9.17) is 5.14 Å². The number of imidazole rings is 1. The van der Waals surface area contributed by atoms with Crippen LogP contribution in [0.2, 0.25) is 0 Å². The van der Waals surface area contributed by atoms with Gasteiger partial charge >= 0.3 is 0 Å². The standard InChI is InChI=1S/C21H33N5O3S/c1-3-11-26-19-8-7-17(30(22,28)29)14-18(19)24-20(26)9-10-21(27)23-15-16(4-2)25-12-5-6-13-25/h7-8,14,16H,3-6,9-13,15H2,1-2H3,(H,23,27)(H2,22,28,29). The summed E-state index contributed by atoms with van der Waals surface area (Å²) in [4.78, 5) is 19.6. The molecule has 1 aliphatic heterocycles. The topological polar surface area (TPSA) is 110 Å². The summed E-state index contributed by atoms with van der Waals surface area (Å²) >= 11 is 0. The molecule has 3 rings (SSSR count). The van der Waals surface area contributed by atoms with Gasteiger partial charge in [-0.05, 0) is 57.0 Å². The van der Waals surface area contributed by atoms with E-state index in [2.05, 4.69) is 33.6 Å². The van der Waals surface area contributed by atoms with E-state index >= 15 is 0 Å². The smallest absolute Gasteiger partial charge is 0.238 e. The van der Waals surface area contributed by atoms with Gasteiger partial charge in [-0.15, -0.1) is 0 Å². The molecule has 3 N–H and O–H groups in total. The van der Waals surface area contributed by atoms with Crippen molar-refractivity contribution < 1.29 is 13.2 Å². The molecule has 0 bridgehead atoms. The van der Waals surface area contributed by atoms with Gasteiger partial charge in [0, 0.05) is 32.0 Å². The third-order valence-electron chi connectivity index (χ3n) is 5.81. The monoisotopic (exact) mass is 435 g/mol. The lowest BCUT2D eigenvalue weighted by Crippen LogP contribution is -2.42. The van der Waals surface area contributed by atoms with Gasteiger partial charge in [-0.25, -0.2) is 18.5 Å². The number of primary sulfonamides is 1. The average molecular weight is 436 g/mol. The Morgan fingerprint density at radius 2 is 2.00 bits per heavy atom. The quantitative estimate of drug-likeness (QED) is 0.593. The number of nitrogens with two attached hydrogens (primary N) is 1. The first-order valence-corrected chi connectivity index (χ1v) is 12.4. The van der Waals surface area contributed by atoms with Crippen molar-refractivity contribution in [2.24, 2.45) is 5.14 Å². The van der Waals surface area contributed by atoms with Crippen molar-refractivity contribution in [1.29, 1.82) is 0 Å². The average Bonchev–Trinajstić information content (AvgIpc) is 3.35. The molecule has 0 saturated carbocycles. The number of rotatable bonds is 10. The maximum atomic E-state index is 12.5. The van der Waals surface area contributed by atoms with E-state index in [1.54, 1.807) is 6.07 Å². The first-order valence-electron chi connectivity index (χ1n) is 10.9. The molecule has 1 aliphatic rings. The van der Waals surface area contributed by atoms with Crippen molar-refractivity contribution in [2.75, 3.05) is 19.6 Å². The number of likely N-dealkylation sites (tertiary alicyclic amines) is 1. The molecule has 8 nitrogen and oxygen atoms in total. The van der Waals surface area contributed by atoms with Gasteiger partial charge in [0.15, 0.2) is 0 Å². The Hall–Kier alpha value is -1.97. The van der Waals surface area contributed by atoms with E-state index in [1.165, 1.54) is 25.0 Å². The van der Waals surface area contributed by atoms with Crippen molar-refractivity contribution in [2.45, 2.75) is 69.9 Å². The summed E-state index contributed by atoms with van der Waals surface area (Å²) in [5, 5.41) is 8.33. The highest BCUT2D eigenvalue weighted by Gasteiger charge is 2.21. The molecule has 1 amide bonds. The summed E-state index contributed by atoms with van der Waals surface area (Å²) in [6.45, 7) is 7.92. The minimum absolute atomic E-state index is 0.0213. The van der Waals surface area contributed by atoms with Crippen LogP contribution in [0.5, 0.6) is 0 Å². The van der Waals surface area contributed by atoms with Gasteiger partial charge in [-0.2, -0.15) is 0 Å². The normalized spacial score (nSPS) is 16.2. The van der Waals surface area contributed by atoms with Crippen molar-refractivity contribution in [3.05, 3.63) is 24.0 Å². The van der Waals surface area contributed by atoms with E-state index in [0.29, 0.717) is 30.9 Å². The molecule has 1 unspecified atom stereocenters. The molecular formula is C21H33N5O3S. The van der Waals surface area contributed by atoms with Crippen LogP contribution in [0, 0.1) is 0 Å². The lowest BCUT2D eigenvalue weighted by Gasteiger charge is -2.26. The number of hydrogen-bond donors (Lipinski definition) is 2. The minimum Gasteiger partial charge on any atom is -0.355 e. The number of fused-ring (bicyclic) bond motifs is 1. The second-order valence-corrected chi connectivity index (χ2v) is 9.55. The van der Waals surface area contributed by atoms with Crippen LogP contribution < -0.4 is 10.5 Å². The van der Waals surface area contributed by atoms with E-state index < -0.39 is 10.0 Å². The number of amides is 1. The van der Waals surface area contributed by atoms with E-state index in [-0.39, 0.29) is 10.8 Å². The highest BCUT2D eigenvalue weighted by molar-refractivity contribution is 7.89. The van der Waals surface area contributed by atoms with Gasteiger partial charge in [0.2, 0.25) is 15.9 Å². The number of aromatic nitrogens is 2. The zero-order valence-corrected chi connectivity index (χ0v) is 18.7. The summed E-state index contributed by atoms with van der Waals surface area (Å²) < 4.78 is 25.3. The first kappa shape index (κ1) is 22.7. The predicted octanol–water partition coefficient (Wildman–Crippen LogP) is 2.02. The number of sulfonamides is 1. The third-order valence-corrected chi connectivity index (χ3v) is 6.72. The Balaban J connectivity index is 1.66. The second kappa shape index (κ2) is 9.89. The Morgan fingerprint density at radius 1 is 1.27 bits per heavy atom. The van der Waals surface area contributed by atoms with Gasteiger partial charge in [0.1, 0.15) is 5.82 Å². The molecule has 1 aromatic carbocycles. The van der Waals surface area contributed by atoms with Crippen molar-refractivity contribution in [3.63, 3.8) is 0 Å². The number of carbonyl (C=O) groups is 1. The Bertz CT molecular complexity index is 980. The van der Waals surface area contributed by atoms with Crippen LogP contribution in [0.15, 0.2) is 23.1 Å². The predicted molar refractivity (Wildman–Crippen MR) is 118 cm³/mol. The molecule has 1 aromatic heterocycles. The van der Waals surface area contributed by atoms with Crippen LogP contribution in [0.1, 0.15) is 51.8 Å². The molecule has 0 radical (unpaired) electrons. The van der Waals surface area contributed by atoms with Crippen LogP contribution in [0.4, 0.5) is 0 Å². The minimum atomic E-state index is -3.78. The number of nitrogens with one attached hydrogen (secondary N) is 1. The maximum Gasteiger partial charge on any atom is 0.238 e. The molecule has 1 fully saturated rings. The molecule has 2 heterocycles. The molecule has 1 atom stereocenters. The Morgan fingerprint density at radius 3 is 2.63 bits per heavy atom. The van der Waals surface area contributed by atoms with Crippen molar-refractivity contribution in [3.8, 4) is 0 Å². The fraction of sp³-hybridized carbons (Fsp3) is 0.619. The Labute approximate surface area is 178 Å². The van der Waals surface area contributed by atoms with Crippen molar-refractivity contribution >= 4 is 27.0 Å². The van der Waals surface area contributed by atoms with Gasteiger partial charge < -0.3 is 9.88 Å². The summed E-state index contributed by atoms with van der Waals surface area (Å²) in [7, 11) is -3.78. The molecule has 9 heteroatoms. The third kappa shape index (κ3) is 5.39. The van der Waals surface area contributed by atoms with Gasteiger partial charge in [-0.3, -0.25) is 9.69 Å². The molecule has 166 valence electrons. The highest BCUT2D eigenvalue weighted by atomic mass is 32.2. The number of hydrogen-bond acceptors (Lipinski definition) is 5. The fourth-order valence-corrected chi connectivity index (χ4v) is 4.72. The molecular weight excluding hydrogens is 402 g/mol. The summed E-state index contributed by atoms with van der Waals surface area (Å²) in [6.07, 6.45) is 5.28. The largest absolute Gasteiger partial charge is 0.355 e. The van der Waals surface area contributed by atoms with Crippen LogP contribution >= 0.6 is 0 Å².